The normalized spacial score (nSPS) is 11.8. The molecule has 6 N–H and O–H groups in total. The van der Waals surface area contributed by atoms with Crippen LogP contribution in [-0.2, 0) is 11.2 Å². The number of unbranched alkanes of at least 4 members (excludes halogenated alkanes) is 1. The number of amides is 2. The number of ether oxygens (including phenoxy) is 1. The third-order valence-electron chi connectivity index (χ3n) is 4.97. The summed E-state index contributed by atoms with van der Waals surface area (Å²) in [5.74, 6) is -0.114. The van der Waals surface area contributed by atoms with E-state index in [9.17, 15) is 14.7 Å². The Balaban J connectivity index is 1.42. The van der Waals surface area contributed by atoms with Crippen LogP contribution in [0.3, 0.4) is 0 Å². The minimum atomic E-state index is -0.656. The second-order valence-electron chi connectivity index (χ2n) is 7.38. The Kier molecular flexibility index (Phi) is 7.45. The Morgan fingerprint density at radius 3 is 2.35 bits per heavy atom. The van der Waals surface area contributed by atoms with Crippen molar-refractivity contribution in [1.82, 2.24) is 5.32 Å². The van der Waals surface area contributed by atoms with Crippen LogP contribution in [0.4, 0.5) is 0 Å². The molecule has 2 amide bonds. The first-order valence-corrected chi connectivity index (χ1v) is 10.2. The summed E-state index contributed by atoms with van der Waals surface area (Å²) in [6.07, 6.45) is 1.79. The third-order valence-corrected chi connectivity index (χ3v) is 4.97. The maximum atomic E-state index is 12.1. The molecule has 3 aromatic rings. The fourth-order valence-electron chi connectivity index (χ4n) is 3.26. The van der Waals surface area contributed by atoms with Gasteiger partial charge in [0.25, 0.3) is 5.91 Å². The van der Waals surface area contributed by atoms with Crippen molar-refractivity contribution in [3.8, 4) is 11.5 Å². The van der Waals surface area contributed by atoms with E-state index in [1.165, 1.54) is 0 Å². The zero-order valence-corrected chi connectivity index (χ0v) is 17.2. The van der Waals surface area contributed by atoms with Gasteiger partial charge in [0.05, 0.1) is 18.2 Å². The van der Waals surface area contributed by atoms with E-state index in [0.29, 0.717) is 43.7 Å². The highest BCUT2D eigenvalue weighted by Gasteiger charge is 2.14. The smallest absolute Gasteiger partial charge is 0.252 e. The van der Waals surface area contributed by atoms with Gasteiger partial charge in [-0.25, -0.2) is 0 Å². The van der Waals surface area contributed by atoms with E-state index in [1.54, 1.807) is 30.3 Å². The maximum Gasteiger partial charge on any atom is 0.252 e. The zero-order valence-electron chi connectivity index (χ0n) is 17.2. The zero-order chi connectivity index (χ0) is 22.2. The monoisotopic (exact) mass is 421 g/mol. The molecule has 7 heteroatoms. The van der Waals surface area contributed by atoms with Crippen LogP contribution < -0.4 is 21.5 Å². The fourth-order valence-corrected chi connectivity index (χ4v) is 3.26. The average Bonchev–Trinajstić information content (AvgIpc) is 2.76. The molecule has 162 valence electrons. The average molecular weight is 421 g/mol. The molecule has 0 heterocycles. The molecule has 0 aliphatic carbocycles. The summed E-state index contributed by atoms with van der Waals surface area (Å²) in [5.41, 5.74) is 12.7. The Labute approximate surface area is 181 Å². The lowest BCUT2D eigenvalue weighted by Gasteiger charge is -2.13. The third kappa shape index (κ3) is 6.20. The van der Waals surface area contributed by atoms with Gasteiger partial charge >= 0.3 is 0 Å². The van der Waals surface area contributed by atoms with Crippen LogP contribution in [0.2, 0.25) is 0 Å². The number of rotatable bonds is 10. The Hall–Kier alpha value is -3.58. The summed E-state index contributed by atoms with van der Waals surface area (Å²) >= 11 is 0. The SMILES string of the molecule is NC(=O)c1cc2ccccc2cc1OCCCCNC(=O)[C@@H](N)Cc1ccc(O)cc1. The molecule has 0 aliphatic heterocycles. The van der Waals surface area contributed by atoms with Gasteiger partial charge < -0.3 is 26.6 Å². The maximum absolute atomic E-state index is 12.1. The molecular weight excluding hydrogens is 394 g/mol. The molecule has 0 spiro atoms. The first-order valence-electron chi connectivity index (χ1n) is 10.2. The predicted octanol–water partition coefficient (Wildman–Crippen LogP) is 2.49. The van der Waals surface area contributed by atoms with E-state index in [-0.39, 0.29) is 11.7 Å². The van der Waals surface area contributed by atoms with Gasteiger partial charge in [-0.1, -0.05) is 36.4 Å². The Morgan fingerprint density at radius 1 is 1.00 bits per heavy atom. The van der Waals surface area contributed by atoms with Crippen molar-refractivity contribution in [3.05, 3.63) is 71.8 Å². The fraction of sp³-hybridized carbons (Fsp3) is 0.250. The van der Waals surface area contributed by atoms with Crippen molar-refractivity contribution in [1.29, 1.82) is 0 Å². The number of carbonyl (C=O) groups is 2. The molecule has 0 saturated heterocycles. The number of hydrogen-bond acceptors (Lipinski definition) is 5. The molecule has 0 radical (unpaired) electrons. The number of benzene rings is 3. The van der Waals surface area contributed by atoms with Gasteiger partial charge in [0.15, 0.2) is 0 Å². The molecule has 0 aliphatic rings. The van der Waals surface area contributed by atoms with E-state index in [2.05, 4.69) is 5.32 Å². The number of aromatic hydroxyl groups is 1. The van der Waals surface area contributed by atoms with Crippen molar-refractivity contribution >= 4 is 22.6 Å². The van der Waals surface area contributed by atoms with Crippen LogP contribution in [0.15, 0.2) is 60.7 Å². The van der Waals surface area contributed by atoms with E-state index in [4.69, 9.17) is 16.2 Å². The molecule has 0 fully saturated rings. The van der Waals surface area contributed by atoms with Crippen LogP contribution in [0.5, 0.6) is 11.5 Å². The summed E-state index contributed by atoms with van der Waals surface area (Å²) < 4.78 is 5.79. The first kappa shape index (κ1) is 22.1. The minimum absolute atomic E-state index is 0.177. The molecule has 0 unspecified atom stereocenters. The lowest BCUT2D eigenvalue weighted by molar-refractivity contribution is -0.122. The van der Waals surface area contributed by atoms with Gasteiger partial charge in [0, 0.05) is 6.54 Å². The summed E-state index contributed by atoms with van der Waals surface area (Å²) in [6, 6.07) is 17.2. The van der Waals surface area contributed by atoms with E-state index < -0.39 is 11.9 Å². The van der Waals surface area contributed by atoms with Crippen LogP contribution in [0.25, 0.3) is 10.8 Å². The van der Waals surface area contributed by atoms with Gasteiger partial charge in [-0.3, -0.25) is 9.59 Å². The quantitative estimate of drug-likeness (QED) is 0.374. The van der Waals surface area contributed by atoms with E-state index in [0.717, 1.165) is 16.3 Å². The van der Waals surface area contributed by atoms with E-state index in [1.807, 2.05) is 30.3 Å². The number of carbonyl (C=O) groups excluding carboxylic acids is 2. The number of nitrogens with one attached hydrogen (secondary N) is 1. The van der Waals surface area contributed by atoms with Crippen LogP contribution in [0.1, 0.15) is 28.8 Å². The molecule has 31 heavy (non-hydrogen) atoms. The number of hydrogen-bond donors (Lipinski definition) is 4. The highest BCUT2D eigenvalue weighted by molar-refractivity contribution is 6.00. The van der Waals surface area contributed by atoms with Crippen LogP contribution in [-0.4, -0.2) is 36.1 Å². The summed E-state index contributed by atoms with van der Waals surface area (Å²) in [6.45, 7) is 0.875. The number of phenols is 1. The van der Waals surface area contributed by atoms with Gasteiger partial charge in [-0.15, -0.1) is 0 Å². The summed E-state index contributed by atoms with van der Waals surface area (Å²) in [4.78, 5) is 23.9. The Morgan fingerprint density at radius 2 is 1.68 bits per heavy atom. The molecule has 0 saturated carbocycles. The molecule has 1 atom stereocenters. The molecule has 7 nitrogen and oxygen atoms in total. The standard InChI is InChI=1S/C24H27N3O4/c25-21(13-16-7-9-19(28)10-8-16)24(30)27-11-3-4-12-31-22-15-18-6-2-1-5-17(18)14-20(22)23(26)29/h1-2,5-10,14-15,21,28H,3-4,11-13,25H2,(H2,26,29)(H,27,30)/t21-/m0/s1. The number of phenolic OH excluding ortho intramolecular Hbond substituents is 1. The largest absolute Gasteiger partial charge is 0.508 e. The highest BCUT2D eigenvalue weighted by Crippen LogP contribution is 2.26. The molecule has 3 aromatic carbocycles. The highest BCUT2D eigenvalue weighted by atomic mass is 16.5. The second kappa shape index (κ2) is 10.4. The number of nitrogens with two attached hydrogens (primary N) is 2. The summed E-state index contributed by atoms with van der Waals surface area (Å²) in [7, 11) is 0. The van der Waals surface area contributed by atoms with Crippen LogP contribution in [0, 0.1) is 0 Å². The van der Waals surface area contributed by atoms with Crippen molar-refractivity contribution in [2.24, 2.45) is 11.5 Å². The lowest BCUT2D eigenvalue weighted by Crippen LogP contribution is -2.42. The molecular formula is C24H27N3O4. The van der Waals surface area contributed by atoms with Crippen molar-refractivity contribution in [2.45, 2.75) is 25.3 Å². The topological polar surface area (TPSA) is 128 Å². The molecule has 0 bridgehead atoms. The van der Waals surface area contributed by atoms with Gasteiger partial charge in [0.1, 0.15) is 11.5 Å². The number of primary amides is 1. The van der Waals surface area contributed by atoms with Crippen molar-refractivity contribution < 1.29 is 19.4 Å². The molecule has 0 aromatic heterocycles. The van der Waals surface area contributed by atoms with Crippen molar-refractivity contribution in [2.75, 3.05) is 13.2 Å². The first-order chi connectivity index (χ1) is 14.9. The van der Waals surface area contributed by atoms with E-state index >= 15 is 0 Å². The number of fused-ring (bicyclic) bond motifs is 1. The van der Waals surface area contributed by atoms with Gasteiger partial charge in [0.2, 0.25) is 5.91 Å². The minimum Gasteiger partial charge on any atom is -0.508 e. The summed E-state index contributed by atoms with van der Waals surface area (Å²) in [5, 5.41) is 14.0. The predicted molar refractivity (Wildman–Crippen MR) is 120 cm³/mol. The van der Waals surface area contributed by atoms with Crippen molar-refractivity contribution in [3.63, 3.8) is 0 Å². The van der Waals surface area contributed by atoms with Gasteiger partial charge in [-0.05, 0) is 59.9 Å². The van der Waals surface area contributed by atoms with Crippen LogP contribution >= 0.6 is 0 Å². The Bertz CT molecular complexity index is 1050. The van der Waals surface area contributed by atoms with Gasteiger partial charge in [-0.2, -0.15) is 0 Å². The lowest BCUT2D eigenvalue weighted by atomic mass is 10.1. The second-order valence-corrected chi connectivity index (χ2v) is 7.38. The molecule has 3 rings (SSSR count).